The van der Waals surface area contributed by atoms with Crippen molar-refractivity contribution in [2.75, 3.05) is 67.8 Å². The fraction of sp³-hybridized carbons (Fsp3) is 0.750. The monoisotopic (exact) mass is 1020 g/mol. The van der Waals surface area contributed by atoms with E-state index >= 15 is 0 Å². The van der Waals surface area contributed by atoms with E-state index in [2.05, 4.69) is 21.4 Å². The number of carbonyl (C=O) groups excluding carboxylic acids is 7. The molecule has 1 unspecified atom stereocenters. The number of benzene rings is 1. The highest BCUT2D eigenvalue weighted by molar-refractivity contribution is 5.92. The van der Waals surface area contributed by atoms with Crippen molar-refractivity contribution in [1.29, 1.82) is 0 Å². The van der Waals surface area contributed by atoms with Crippen LogP contribution in [0.25, 0.3) is 0 Å². The summed E-state index contributed by atoms with van der Waals surface area (Å²) in [7, 11) is 6.24. The highest BCUT2D eigenvalue weighted by Crippen LogP contribution is 2.30. The normalized spacial score (nSPS) is 17.4. The van der Waals surface area contributed by atoms with E-state index in [4.69, 9.17) is 24.8 Å². The molecule has 410 valence electrons. The summed E-state index contributed by atoms with van der Waals surface area (Å²) in [6, 6.07) is 5.65. The van der Waals surface area contributed by atoms with Gasteiger partial charge in [-0.05, 0) is 55.9 Å². The van der Waals surface area contributed by atoms with Crippen molar-refractivity contribution in [1.82, 2.24) is 36.1 Å². The number of rotatable bonds is 34. The topological polar surface area (TPSA) is 260 Å². The number of likely N-dealkylation sites (tertiary alicyclic amines) is 1. The van der Waals surface area contributed by atoms with Crippen molar-refractivity contribution in [2.45, 2.75) is 162 Å². The summed E-state index contributed by atoms with van der Waals surface area (Å²) in [6.45, 7) is 15.8. The number of methoxy groups -OCH3 is 2. The Hall–Kier alpha value is -4.73. The maximum Gasteiger partial charge on any atom is 0.249 e. The predicted octanol–water partition coefficient (Wildman–Crippen LogP) is 2.86. The number of nitrogens with two attached hydrogens (primary N) is 1. The largest absolute Gasteiger partial charge is 0.386 e. The number of nitrogens with one attached hydrogen (secondary N) is 4. The second kappa shape index (κ2) is 33.2. The summed E-state index contributed by atoms with van der Waals surface area (Å²) in [5, 5.41) is 19.6. The minimum absolute atomic E-state index is 0.0497. The Balaban J connectivity index is 2.05. The van der Waals surface area contributed by atoms with Crippen LogP contribution in [0.3, 0.4) is 0 Å². The highest BCUT2D eigenvalue weighted by Gasteiger charge is 2.43. The SMILES string of the molecule is CC[C@H](C)[C@@H]([C@@H](CC(=O)N1CCC[C@H]1[C@H](OC)[C@@H](C)C(=O)N[C@H](C)[C@@H](O)c1ccccc1)OC)N(C)C(=O)[C@@H](NC(=O)C(C(C)C)N(C)C(=O)COCCOCCNC(=O)CCCCCC(=O)NN)C(C)C. The van der Waals surface area contributed by atoms with Gasteiger partial charge in [-0.15, -0.1) is 0 Å². The van der Waals surface area contributed by atoms with E-state index in [0.717, 1.165) is 6.42 Å². The van der Waals surface area contributed by atoms with Crippen LogP contribution in [-0.2, 0) is 52.5 Å². The Morgan fingerprint density at radius 1 is 0.806 bits per heavy atom. The van der Waals surface area contributed by atoms with Gasteiger partial charge in [0.05, 0.1) is 68.6 Å². The summed E-state index contributed by atoms with van der Waals surface area (Å²) in [5.41, 5.74) is 2.76. The fourth-order valence-corrected chi connectivity index (χ4v) is 9.38. The van der Waals surface area contributed by atoms with Crippen LogP contribution in [0.5, 0.6) is 0 Å². The molecule has 0 spiro atoms. The molecule has 10 atom stereocenters. The van der Waals surface area contributed by atoms with Gasteiger partial charge in [0.2, 0.25) is 41.4 Å². The van der Waals surface area contributed by atoms with Gasteiger partial charge in [-0.2, -0.15) is 0 Å². The molecule has 0 bridgehead atoms. The Labute approximate surface area is 428 Å². The average Bonchev–Trinajstić information content (AvgIpc) is 3.85. The van der Waals surface area contributed by atoms with E-state index in [1.54, 1.807) is 42.8 Å². The molecule has 1 heterocycles. The zero-order valence-electron chi connectivity index (χ0n) is 45.3. The van der Waals surface area contributed by atoms with E-state index in [1.807, 2.05) is 59.7 Å². The van der Waals surface area contributed by atoms with Crippen molar-refractivity contribution in [2.24, 2.45) is 29.5 Å². The molecule has 0 aromatic heterocycles. The number of ether oxygens (including phenoxy) is 4. The molecular formula is C52H90N8O12. The fourth-order valence-electron chi connectivity index (χ4n) is 9.38. The average molecular weight is 1020 g/mol. The van der Waals surface area contributed by atoms with Crippen LogP contribution < -0.4 is 27.2 Å². The maximum absolute atomic E-state index is 14.6. The lowest BCUT2D eigenvalue weighted by Gasteiger charge is -2.41. The van der Waals surface area contributed by atoms with Gasteiger partial charge in [-0.1, -0.05) is 91.6 Å². The standard InChI is InChI=1S/C52H90N8O12/c1-13-35(6)47(40(69-11)31-43(63)60-27-20-23-39(60)49(70-12)36(7)50(66)55-37(8)48(65)38-21-16-14-17-22-38)59(10)52(68)45(33(2)3)56-51(67)46(34(4)5)58(9)44(64)32-72-30-29-71-28-26-54-41(61)24-18-15-19-25-42(62)57-53/h14,16-17,21-22,33-37,39-40,45-49,65H,13,15,18-20,23-32,53H2,1-12H3,(H,54,61)(H,55,66)(H,56,67)(H,57,62)/t35-,36+,37+,39-,40+,45-,46?,47-,48+,49+/m0/s1. The lowest BCUT2D eigenvalue weighted by atomic mass is 9.89. The van der Waals surface area contributed by atoms with E-state index in [-0.39, 0.29) is 80.1 Å². The molecule has 1 aromatic rings. The van der Waals surface area contributed by atoms with Gasteiger partial charge in [0.25, 0.3) is 0 Å². The van der Waals surface area contributed by atoms with Crippen molar-refractivity contribution in [3.05, 3.63) is 35.9 Å². The van der Waals surface area contributed by atoms with Crippen molar-refractivity contribution >= 4 is 41.4 Å². The molecule has 1 saturated heterocycles. The van der Waals surface area contributed by atoms with Gasteiger partial charge in [0, 0.05) is 54.2 Å². The van der Waals surface area contributed by atoms with Gasteiger partial charge in [0.1, 0.15) is 18.7 Å². The molecule has 7 N–H and O–H groups in total. The zero-order valence-corrected chi connectivity index (χ0v) is 45.3. The Bertz CT molecular complexity index is 1820. The number of likely N-dealkylation sites (N-methyl/N-ethyl adjacent to an activating group) is 2. The van der Waals surface area contributed by atoms with Crippen LogP contribution in [0.4, 0.5) is 0 Å². The number of carbonyl (C=O) groups is 7. The third-order valence-electron chi connectivity index (χ3n) is 13.8. The van der Waals surface area contributed by atoms with Gasteiger partial charge < -0.3 is 54.7 Å². The van der Waals surface area contributed by atoms with Crippen LogP contribution in [0, 0.1) is 23.7 Å². The van der Waals surface area contributed by atoms with Crippen molar-refractivity contribution in [3.8, 4) is 0 Å². The minimum atomic E-state index is -0.976. The highest BCUT2D eigenvalue weighted by atomic mass is 16.5. The van der Waals surface area contributed by atoms with E-state index < -0.39 is 66.3 Å². The molecule has 20 heteroatoms. The number of hydrazine groups is 1. The smallest absolute Gasteiger partial charge is 0.249 e. The van der Waals surface area contributed by atoms with Crippen LogP contribution in [0.2, 0.25) is 0 Å². The summed E-state index contributed by atoms with van der Waals surface area (Å²) in [5.74, 6) is 1.47. The number of nitrogens with zero attached hydrogens (tertiary/aromatic N) is 3. The predicted molar refractivity (Wildman–Crippen MR) is 273 cm³/mol. The van der Waals surface area contributed by atoms with E-state index in [9.17, 15) is 38.7 Å². The van der Waals surface area contributed by atoms with Gasteiger partial charge >= 0.3 is 0 Å². The Morgan fingerprint density at radius 3 is 2.03 bits per heavy atom. The Morgan fingerprint density at radius 2 is 1.44 bits per heavy atom. The molecular weight excluding hydrogens is 929 g/mol. The molecule has 20 nitrogen and oxygen atoms in total. The molecule has 7 amide bonds. The van der Waals surface area contributed by atoms with Crippen LogP contribution in [-0.4, -0.2) is 171 Å². The third kappa shape index (κ3) is 19.9. The number of aliphatic hydroxyl groups excluding tert-OH is 1. The molecule has 1 aliphatic rings. The van der Waals surface area contributed by atoms with E-state index in [1.165, 1.54) is 26.2 Å². The molecule has 72 heavy (non-hydrogen) atoms. The lowest BCUT2D eigenvalue weighted by Crippen LogP contribution is -2.60. The van der Waals surface area contributed by atoms with Crippen LogP contribution >= 0.6 is 0 Å². The number of unbranched alkanes of at least 4 members (excludes halogenated alkanes) is 2. The number of amides is 7. The molecule has 2 rings (SSSR count). The molecule has 1 aliphatic heterocycles. The zero-order chi connectivity index (χ0) is 54.1. The first kappa shape index (κ1) is 63.4. The first-order valence-corrected chi connectivity index (χ1v) is 25.8. The van der Waals surface area contributed by atoms with Gasteiger partial charge in [-0.3, -0.25) is 39.0 Å². The second-order valence-corrected chi connectivity index (χ2v) is 19.8. The van der Waals surface area contributed by atoms with Crippen LogP contribution in [0.15, 0.2) is 30.3 Å². The summed E-state index contributed by atoms with van der Waals surface area (Å²) in [4.78, 5) is 97.9. The lowest BCUT2D eigenvalue weighted by molar-refractivity contribution is -0.149. The quantitative estimate of drug-likeness (QED) is 0.0252. The molecule has 1 fully saturated rings. The summed E-state index contributed by atoms with van der Waals surface area (Å²) in [6.07, 6.45) is 2.37. The van der Waals surface area contributed by atoms with Gasteiger partial charge in [0.15, 0.2) is 0 Å². The van der Waals surface area contributed by atoms with Gasteiger partial charge in [-0.25, -0.2) is 5.84 Å². The molecule has 0 saturated carbocycles. The molecule has 0 radical (unpaired) electrons. The minimum Gasteiger partial charge on any atom is -0.386 e. The van der Waals surface area contributed by atoms with Crippen molar-refractivity contribution < 1.29 is 57.6 Å². The number of hydrogen-bond donors (Lipinski definition) is 6. The number of hydrogen-bond acceptors (Lipinski definition) is 13. The van der Waals surface area contributed by atoms with E-state index in [0.29, 0.717) is 63.6 Å². The van der Waals surface area contributed by atoms with Crippen LogP contribution in [0.1, 0.15) is 125 Å². The molecule has 0 aliphatic carbocycles. The number of aliphatic hydroxyl groups is 1. The maximum atomic E-state index is 14.6. The summed E-state index contributed by atoms with van der Waals surface area (Å²) >= 11 is 0. The Kier molecular flexibility index (Phi) is 29.2. The summed E-state index contributed by atoms with van der Waals surface area (Å²) < 4.78 is 23.1. The van der Waals surface area contributed by atoms with Crippen molar-refractivity contribution in [3.63, 3.8) is 0 Å². The second-order valence-electron chi connectivity index (χ2n) is 19.8. The first-order valence-electron chi connectivity index (χ1n) is 25.8. The first-order chi connectivity index (χ1) is 34.2. The third-order valence-corrected chi connectivity index (χ3v) is 13.8. The molecule has 1 aromatic carbocycles.